The minimum Gasteiger partial charge on any atom is -0.467 e. The van der Waals surface area contributed by atoms with E-state index in [2.05, 4.69) is 10.3 Å². The molecule has 110 valence electrons. The third-order valence-electron chi connectivity index (χ3n) is 3.67. The van der Waals surface area contributed by atoms with Crippen LogP contribution in [0.15, 0.2) is 41.1 Å². The monoisotopic (exact) mass is 285 g/mol. The summed E-state index contributed by atoms with van der Waals surface area (Å²) in [6.07, 6.45) is 6.70. The van der Waals surface area contributed by atoms with Crippen LogP contribution in [0, 0.1) is 0 Å². The van der Waals surface area contributed by atoms with Crippen LogP contribution in [0.4, 0.5) is 5.69 Å². The van der Waals surface area contributed by atoms with Crippen LogP contribution in [0.2, 0.25) is 0 Å². The minimum atomic E-state index is 0.0244. The first-order valence-electron chi connectivity index (χ1n) is 7.34. The van der Waals surface area contributed by atoms with Gasteiger partial charge < -0.3 is 14.6 Å². The highest BCUT2D eigenvalue weighted by Crippen LogP contribution is 2.15. The number of anilines is 1. The van der Waals surface area contributed by atoms with Crippen LogP contribution in [0.3, 0.4) is 0 Å². The quantitative estimate of drug-likeness (QED) is 0.938. The molecule has 0 aromatic carbocycles. The Morgan fingerprint density at radius 2 is 2.14 bits per heavy atom. The lowest BCUT2D eigenvalue weighted by Crippen LogP contribution is -2.36. The van der Waals surface area contributed by atoms with Crippen LogP contribution >= 0.6 is 0 Å². The molecule has 0 radical (unpaired) electrons. The number of piperidine rings is 1. The first-order chi connectivity index (χ1) is 10.3. The molecule has 3 rings (SSSR count). The van der Waals surface area contributed by atoms with Crippen molar-refractivity contribution in [3.05, 3.63) is 48.2 Å². The molecule has 1 saturated heterocycles. The molecule has 1 N–H and O–H groups in total. The van der Waals surface area contributed by atoms with E-state index in [0.717, 1.165) is 37.4 Å². The van der Waals surface area contributed by atoms with Crippen LogP contribution in [-0.4, -0.2) is 28.9 Å². The van der Waals surface area contributed by atoms with E-state index in [1.165, 1.54) is 6.42 Å². The lowest BCUT2D eigenvalue weighted by atomic mass is 10.1. The zero-order chi connectivity index (χ0) is 14.5. The second kappa shape index (κ2) is 6.43. The zero-order valence-corrected chi connectivity index (χ0v) is 11.9. The maximum Gasteiger partial charge on any atom is 0.272 e. The molecule has 2 aromatic rings. The second-order valence-electron chi connectivity index (χ2n) is 5.22. The molecule has 0 bridgehead atoms. The third-order valence-corrected chi connectivity index (χ3v) is 3.67. The van der Waals surface area contributed by atoms with Crippen LogP contribution in [-0.2, 0) is 6.54 Å². The van der Waals surface area contributed by atoms with Gasteiger partial charge in [-0.25, -0.2) is 0 Å². The highest BCUT2D eigenvalue weighted by Gasteiger charge is 2.19. The summed E-state index contributed by atoms with van der Waals surface area (Å²) in [5, 5.41) is 3.24. The van der Waals surface area contributed by atoms with Gasteiger partial charge in [0.25, 0.3) is 5.91 Å². The summed E-state index contributed by atoms with van der Waals surface area (Å²) < 4.78 is 5.27. The van der Waals surface area contributed by atoms with E-state index < -0.39 is 0 Å². The molecule has 1 aliphatic rings. The normalized spacial score (nSPS) is 15.0. The largest absolute Gasteiger partial charge is 0.467 e. The molecule has 2 aromatic heterocycles. The van der Waals surface area contributed by atoms with Crippen LogP contribution < -0.4 is 5.32 Å². The molecule has 0 unspecified atom stereocenters. The fourth-order valence-corrected chi connectivity index (χ4v) is 2.52. The number of rotatable bonds is 4. The van der Waals surface area contributed by atoms with E-state index in [1.807, 2.05) is 23.1 Å². The molecule has 0 saturated carbocycles. The SMILES string of the molecule is O=C(c1cc(NCc2ccco2)ccn1)N1CCCCC1. The Hall–Kier alpha value is -2.30. The van der Waals surface area contributed by atoms with Crippen molar-refractivity contribution in [3.8, 4) is 0 Å². The molecule has 1 amide bonds. The van der Waals surface area contributed by atoms with Crippen molar-refractivity contribution in [2.75, 3.05) is 18.4 Å². The van der Waals surface area contributed by atoms with Gasteiger partial charge in [0.1, 0.15) is 11.5 Å². The maximum absolute atomic E-state index is 12.4. The smallest absolute Gasteiger partial charge is 0.272 e. The maximum atomic E-state index is 12.4. The average Bonchev–Trinajstić information content (AvgIpc) is 3.07. The van der Waals surface area contributed by atoms with Crippen LogP contribution in [0.5, 0.6) is 0 Å². The fraction of sp³-hybridized carbons (Fsp3) is 0.375. The van der Waals surface area contributed by atoms with Crippen LogP contribution in [0.25, 0.3) is 0 Å². The first kappa shape index (κ1) is 13.7. The Morgan fingerprint density at radius 1 is 1.29 bits per heavy atom. The predicted octanol–water partition coefficient (Wildman–Crippen LogP) is 2.91. The number of nitrogens with zero attached hydrogens (tertiary/aromatic N) is 2. The van der Waals surface area contributed by atoms with Gasteiger partial charge in [-0.3, -0.25) is 9.78 Å². The number of aromatic nitrogens is 1. The molecule has 0 spiro atoms. The zero-order valence-electron chi connectivity index (χ0n) is 11.9. The summed E-state index contributed by atoms with van der Waals surface area (Å²) >= 11 is 0. The van der Waals surface area contributed by atoms with E-state index in [0.29, 0.717) is 12.2 Å². The number of amides is 1. The van der Waals surface area contributed by atoms with E-state index in [-0.39, 0.29) is 5.91 Å². The molecule has 0 aliphatic carbocycles. The van der Waals surface area contributed by atoms with E-state index >= 15 is 0 Å². The number of nitrogens with one attached hydrogen (secondary N) is 1. The van der Waals surface area contributed by atoms with Crippen molar-refractivity contribution in [2.24, 2.45) is 0 Å². The summed E-state index contributed by atoms with van der Waals surface area (Å²) in [5.41, 5.74) is 1.38. The van der Waals surface area contributed by atoms with Gasteiger partial charge in [-0.1, -0.05) is 0 Å². The summed E-state index contributed by atoms with van der Waals surface area (Å²) in [7, 11) is 0. The number of likely N-dealkylation sites (tertiary alicyclic amines) is 1. The standard InChI is InChI=1S/C16H19N3O2/c20-16(19-8-2-1-3-9-19)15-11-13(6-7-17-15)18-12-14-5-4-10-21-14/h4-7,10-11H,1-3,8-9,12H2,(H,17,18). The fourth-order valence-electron chi connectivity index (χ4n) is 2.52. The summed E-state index contributed by atoms with van der Waals surface area (Å²) in [5.74, 6) is 0.882. The highest BCUT2D eigenvalue weighted by atomic mass is 16.3. The topological polar surface area (TPSA) is 58.4 Å². The van der Waals surface area contributed by atoms with Gasteiger partial charge in [0.2, 0.25) is 0 Å². The lowest BCUT2D eigenvalue weighted by molar-refractivity contribution is 0.0718. The predicted molar refractivity (Wildman–Crippen MR) is 80.0 cm³/mol. The number of furan rings is 1. The third kappa shape index (κ3) is 3.42. The lowest BCUT2D eigenvalue weighted by Gasteiger charge is -2.26. The minimum absolute atomic E-state index is 0.0244. The Bertz CT molecular complexity index is 589. The van der Waals surface area contributed by atoms with Gasteiger partial charge in [0.15, 0.2) is 0 Å². The molecule has 5 heteroatoms. The van der Waals surface area contributed by atoms with Crippen molar-refractivity contribution < 1.29 is 9.21 Å². The van der Waals surface area contributed by atoms with Gasteiger partial charge in [-0.2, -0.15) is 0 Å². The first-order valence-corrected chi connectivity index (χ1v) is 7.34. The van der Waals surface area contributed by atoms with E-state index in [9.17, 15) is 4.79 Å². The van der Waals surface area contributed by atoms with Gasteiger partial charge in [0.05, 0.1) is 12.8 Å². The molecule has 3 heterocycles. The number of hydrogen-bond donors (Lipinski definition) is 1. The molecular formula is C16H19N3O2. The Balaban J connectivity index is 1.66. The number of hydrogen-bond acceptors (Lipinski definition) is 4. The van der Waals surface area contributed by atoms with Crippen molar-refractivity contribution in [3.63, 3.8) is 0 Å². The average molecular weight is 285 g/mol. The highest BCUT2D eigenvalue weighted by molar-refractivity contribution is 5.93. The van der Waals surface area contributed by atoms with Crippen molar-refractivity contribution in [1.82, 2.24) is 9.88 Å². The van der Waals surface area contributed by atoms with E-state index in [4.69, 9.17) is 4.42 Å². The van der Waals surface area contributed by atoms with Crippen LogP contribution in [0.1, 0.15) is 35.5 Å². The van der Waals surface area contributed by atoms with E-state index in [1.54, 1.807) is 18.5 Å². The number of pyridine rings is 1. The van der Waals surface area contributed by atoms with Gasteiger partial charge in [0, 0.05) is 25.0 Å². The van der Waals surface area contributed by atoms with Crippen molar-refractivity contribution >= 4 is 11.6 Å². The van der Waals surface area contributed by atoms with Crippen molar-refractivity contribution in [1.29, 1.82) is 0 Å². The Kier molecular flexibility index (Phi) is 4.19. The number of carbonyl (C=O) groups is 1. The summed E-state index contributed by atoms with van der Waals surface area (Å²) in [4.78, 5) is 18.5. The number of carbonyl (C=O) groups excluding carboxylic acids is 1. The van der Waals surface area contributed by atoms with Crippen molar-refractivity contribution in [2.45, 2.75) is 25.8 Å². The second-order valence-corrected chi connectivity index (χ2v) is 5.22. The molecule has 5 nitrogen and oxygen atoms in total. The Morgan fingerprint density at radius 3 is 2.90 bits per heavy atom. The molecule has 1 aliphatic heterocycles. The van der Waals surface area contributed by atoms with Gasteiger partial charge in [-0.15, -0.1) is 0 Å². The molecular weight excluding hydrogens is 266 g/mol. The summed E-state index contributed by atoms with van der Waals surface area (Å²) in [6.45, 7) is 2.27. The molecule has 1 fully saturated rings. The summed E-state index contributed by atoms with van der Waals surface area (Å²) in [6, 6.07) is 7.43. The molecule has 21 heavy (non-hydrogen) atoms. The molecule has 0 atom stereocenters. The van der Waals surface area contributed by atoms with Gasteiger partial charge in [-0.05, 0) is 43.5 Å². The van der Waals surface area contributed by atoms with Gasteiger partial charge >= 0.3 is 0 Å². The Labute approximate surface area is 124 Å².